The quantitative estimate of drug-likeness (QED) is 0.782. The maximum atomic E-state index is 12.0. The van der Waals surface area contributed by atoms with E-state index < -0.39 is 18.0 Å². The summed E-state index contributed by atoms with van der Waals surface area (Å²) < 4.78 is 1.51. The second-order valence-corrected chi connectivity index (χ2v) is 5.79. The molecule has 1 heterocycles. The number of aryl methyl sites for hydroxylation is 1. The van der Waals surface area contributed by atoms with Crippen molar-refractivity contribution in [3.8, 4) is 0 Å². The monoisotopic (exact) mass is 294 g/mol. The maximum absolute atomic E-state index is 12.0. The summed E-state index contributed by atoms with van der Waals surface area (Å²) in [7, 11) is 1.70. The maximum Gasteiger partial charge on any atom is 0.331 e. The van der Waals surface area contributed by atoms with Crippen LogP contribution in [0.4, 0.5) is 4.79 Å². The molecule has 7 heteroatoms. The van der Waals surface area contributed by atoms with Crippen LogP contribution in [-0.4, -0.2) is 32.9 Å². The number of carbonyl (C=O) groups is 2. The van der Waals surface area contributed by atoms with E-state index in [1.54, 1.807) is 13.2 Å². The fourth-order valence-corrected chi connectivity index (χ4v) is 2.64. The van der Waals surface area contributed by atoms with Gasteiger partial charge in [-0.15, -0.1) is 0 Å². The molecule has 0 spiro atoms. The molecule has 0 aromatic carbocycles. The van der Waals surface area contributed by atoms with Gasteiger partial charge in [0.25, 0.3) is 0 Å². The summed E-state index contributed by atoms with van der Waals surface area (Å²) in [6.07, 6.45) is 7.10. The van der Waals surface area contributed by atoms with Gasteiger partial charge in [0.1, 0.15) is 0 Å². The first-order chi connectivity index (χ1) is 9.95. The average molecular weight is 294 g/mol. The first-order valence-electron chi connectivity index (χ1n) is 7.24. The van der Waals surface area contributed by atoms with E-state index in [1.807, 2.05) is 0 Å². The summed E-state index contributed by atoms with van der Waals surface area (Å²) >= 11 is 0. The molecule has 0 radical (unpaired) electrons. The van der Waals surface area contributed by atoms with Gasteiger partial charge in [0, 0.05) is 24.8 Å². The Kier molecular flexibility index (Phi) is 4.82. The van der Waals surface area contributed by atoms with Crippen molar-refractivity contribution in [2.45, 2.75) is 44.7 Å². The number of nitrogens with zero attached hydrogens (tertiary/aromatic N) is 2. The standard InChI is InChI=1S/C14H22N4O3/c1-9-3-5-11(6-4-9)16-14(21)17-12(13(19)20)10-7-15-18(2)8-10/h7-9,11-12H,3-6H2,1-2H3,(H,19,20)(H2,16,17,21). The Labute approximate surface area is 123 Å². The minimum absolute atomic E-state index is 0.129. The molecule has 0 saturated heterocycles. The number of aliphatic carboxylic acids is 1. The number of rotatable bonds is 4. The molecule has 0 bridgehead atoms. The van der Waals surface area contributed by atoms with Gasteiger partial charge in [-0.25, -0.2) is 9.59 Å². The van der Waals surface area contributed by atoms with E-state index >= 15 is 0 Å². The van der Waals surface area contributed by atoms with Gasteiger partial charge in [0.2, 0.25) is 0 Å². The normalized spacial score (nSPS) is 23.3. The third kappa shape index (κ3) is 4.21. The molecule has 21 heavy (non-hydrogen) atoms. The third-order valence-electron chi connectivity index (χ3n) is 3.93. The Bertz CT molecular complexity index is 506. The lowest BCUT2D eigenvalue weighted by Crippen LogP contribution is -2.46. The molecule has 2 amide bonds. The van der Waals surface area contributed by atoms with Crippen molar-refractivity contribution in [3.63, 3.8) is 0 Å². The average Bonchev–Trinajstić information content (AvgIpc) is 2.85. The minimum atomic E-state index is -1.10. The molecular formula is C14H22N4O3. The molecule has 7 nitrogen and oxygen atoms in total. The predicted octanol–water partition coefficient (Wildman–Crippen LogP) is 1.42. The van der Waals surface area contributed by atoms with Crippen molar-refractivity contribution in [2.75, 3.05) is 0 Å². The van der Waals surface area contributed by atoms with E-state index in [0.29, 0.717) is 11.5 Å². The molecule has 1 saturated carbocycles. The van der Waals surface area contributed by atoms with Gasteiger partial charge in [-0.3, -0.25) is 4.68 Å². The molecular weight excluding hydrogens is 272 g/mol. The smallest absolute Gasteiger partial charge is 0.331 e. The number of carboxylic acid groups (broad SMARTS) is 1. The first-order valence-corrected chi connectivity index (χ1v) is 7.24. The van der Waals surface area contributed by atoms with E-state index in [2.05, 4.69) is 22.7 Å². The topological polar surface area (TPSA) is 96.2 Å². The summed E-state index contributed by atoms with van der Waals surface area (Å²) in [6, 6.07) is -1.39. The Morgan fingerprint density at radius 3 is 2.57 bits per heavy atom. The van der Waals surface area contributed by atoms with Crippen molar-refractivity contribution in [2.24, 2.45) is 13.0 Å². The van der Waals surface area contributed by atoms with Crippen LogP contribution in [0.2, 0.25) is 0 Å². The van der Waals surface area contributed by atoms with E-state index in [9.17, 15) is 14.7 Å². The summed E-state index contributed by atoms with van der Waals surface area (Å²) in [5, 5.41) is 18.5. The van der Waals surface area contributed by atoms with Crippen LogP contribution < -0.4 is 10.6 Å². The number of amides is 2. The number of hydrogen-bond donors (Lipinski definition) is 3. The molecule has 1 aromatic heterocycles. The number of urea groups is 1. The Morgan fingerprint density at radius 2 is 2.05 bits per heavy atom. The number of carboxylic acids is 1. The predicted molar refractivity (Wildman–Crippen MR) is 76.7 cm³/mol. The van der Waals surface area contributed by atoms with Crippen LogP contribution in [0.15, 0.2) is 12.4 Å². The van der Waals surface area contributed by atoms with Crippen molar-refractivity contribution >= 4 is 12.0 Å². The molecule has 3 N–H and O–H groups in total. The second-order valence-electron chi connectivity index (χ2n) is 5.79. The largest absolute Gasteiger partial charge is 0.479 e. The van der Waals surface area contributed by atoms with Gasteiger partial charge in [0.05, 0.1) is 6.20 Å². The zero-order chi connectivity index (χ0) is 15.4. The van der Waals surface area contributed by atoms with Crippen LogP contribution in [0, 0.1) is 5.92 Å². The van der Waals surface area contributed by atoms with Crippen LogP contribution in [-0.2, 0) is 11.8 Å². The van der Waals surface area contributed by atoms with Crippen LogP contribution in [0.3, 0.4) is 0 Å². The molecule has 0 aliphatic heterocycles. The fraction of sp³-hybridized carbons (Fsp3) is 0.643. The number of aromatic nitrogens is 2. The van der Waals surface area contributed by atoms with E-state index in [1.165, 1.54) is 10.9 Å². The molecule has 1 aromatic rings. The summed E-state index contributed by atoms with van der Waals surface area (Å²) in [5.74, 6) is -0.399. The SMILES string of the molecule is CC1CCC(NC(=O)NC(C(=O)O)c2cnn(C)c2)CC1. The highest BCUT2D eigenvalue weighted by Crippen LogP contribution is 2.23. The number of carbonyl (C=O) groups excluding carboxylic acids is 1. The van der Waals surface area contributed by atoms with Crippen molar-refractivity contribution in [1.82, 2.24) is 20.4 Å². The summed E-state index contributed by atoms with van der Waals surface area (Å²) in [5.41, 5.74) is 0.456. The Hall–Kier alpha value is -2.05. The third-order valence-corrected chi connectivity index (χ3v) is 3.93. The fourth-order valence-electron chi connectivity index (χ4n) is 2.64. The molecule has 1 aliphatic rings. The zero-order valence-electron chi connectivity index (χ0n) is 12.4. The van der Waals surface area contributed by atoms with E-state index in [0.717, 1.165) is 25.7 Å². The van der Waals surface area contributed by atoms with Crippen LogP contribution >= 0.6 is 0 Å². The molecule has 1 atom stereocenters. The van der Waals surface area contributed by atoms with Crippen LogP contribution in [0.1, 0.15) is 44.2 Å². The lowest BCUT2D eigenvalue weighted by Gasteiger charge is -2.27. The highest BCUT2D eigenvalue weighted by Gasteiger charge is 2.25. The number of nitrogens with one attached hydrogen (secondary N) is 2. The summed E-state index contributed by atoms with van der Waals surface area (Å²) in [6.45, 7) is 2.21. The van der Waals surface area contributed by atoms with Gasteiger partial charge >= 0.3 is 12.0 Å². The lowest BCUT2D eigenvalue weighted by molar-refractivity contribution is -0.139. The van der Waals surface area contributed by atoms with Crippen molar-refractivity contribution in [3.05, 3.63) is 18.0 Å². The van der Waals surface area contributed by atoms with E-state index in [4.69, 9.17) is 0 Å². The highest BCUT2D eigenvalue weighted by atomic mass is 16.4. The van der Waals surface area contributed by atoms with Gasteiger partial charge in [-0.1, -0.05) is 6.92 Å². The second kappa shape index (κ2) is 6.60. The Balaban J connectivity index is 1.91. The van der Waals surface area contributed by atoms with Gasteiger partial charge in [-0.05, 0) is 31.6 Å². The van der Waals surface area contributed by atoms with Crippen molar-refractivity contribution < 1.29 is 14.7 Å². The molecule has 1 unspecified atom stereocenters. The highest BCUT2D eigenvalue weighted by molar-refractivity contribution is 5.83. The molecule has 116 valence electrons. The number of hydrogen-bond acceptors (Lipinski definition) is 3. The zero-order valence-corrected chi connectivity index (χ0v) is 12.4. The first kappa shape index (κ1) is 15.3. The minimum Gasteiger partial charge on any atom is -0.479 e. The van der Waals surface area contributed by atoms with Crippen LogP contribution in [0.25, 0.3) is 0 Å². The molecule has 1 aliphatic carbocycles. The van der Waals surface area contributed by atoms with Gasteiger partial charge in [0.15, 0.2) is 6.04 Å². The summed E-state index contributed by atoms with van der Waals surface area (Å²) in [4.78, 5) is 23.3. The van der Waals surface area contributed by atoms with E-state index in [-0.39, 0.29) is 6.04 Å². The van der Waals surface area contributed by atoms with Gasteiger partial charge < -0.3 is 15.7 Å². The van der Waals surface area contributed by atoms with Crippen LogP contribution in [0.5, 0.6) is 0 Å². The molecule has 1 fully saturated rings. The lowest BCUT2D eigenvalue weighted by atomic mass is 9.87. The van der Waals surface area contributed by atoms with Gasteiger partial charge in [-0.2, -0.15) is 5.10 Å². The van der Waals surface area contributed by atoms with Crippen molar-refractivity contribution in [1.29, 1.82) is 0 Å². The molecule has 2 rings (SSSR count). The Morgan fingerprint density at radius 1 is 1.38 bits per heavy atom.